The number of carboxylic acid groups (broad SMARTS) is 1. The molecule has 1 aromatic rings. The van der Waals surface area contributed by atoms with E-state index in [1.165, 1.54) is 14.0 Å². The van der Waals surface area contributed by atoms with Crippen LogP contribution in [0.4, 0.5) is 0 Å². The van der Waals surface area contributed by atoms with Gasteiger partial charge in [0.2, 0.25) is 5.91 Å². The molecule has 0 bridgehead atoms. The van der Waals surface area contributed by atoms with Gasteiger partial charge in [0.25, 0.3) is 0 Å². The molecule has 0 saturated carbocycles. The van der Waals surface area contributed by atoms with Crippen LogP contribution in [0.25, 0.3) is 0 Å². The number of carbonyl (C=O) groups excluding carboxylic acids is 1. The van der Waals surface area contributed by atoms with Gasteiger partial charge in [-0.05, 0) is 24.6 Å². The molecule has 1 atom stereocenters. The van der Waals surface area contributed by atoms with E-state index in [-0.39, 0.29) is 5.91 Å². The van der Waals surface area contributed by atoms with E-state index >= 15 is 0 Å². The summed E-state index contributed by atoms with van der Waals surface area (Å²) >= 11 is 6.04. The Kier molecular flexibility index (Phi) is 5.85. The molecule has 6 nitrogen and oxygen atoms in total. The van der Waals surface area contributed by atoms with Crippen molar-refractivity contribution in [1.82, 2.24) is 9.80 Å². The van der Waals surface area contributed by atoms with Crippen LogP contribution in [0.15, 0.2) is 18.2 Å². The van der Waals surface area contributed by atoms with Crippen molar-refractivity contribution in [1.29, 1.82) is 0 Å². The maximum absolute atomic E-state index is 11.9. The molecule has 7 heteroatoms. The quantitative estimate of drug-likeness (QED) is 0.908. The number of benzene rings is 1. The predicted octanol–water partition coefficient (Wildman–Crippen LogP) is 2.03. The zero-order valence-electron chi connectivity index (χ0n) is 13.3. The van der Waals surface area contributed by atoms with Crippen LogP contribution in [0.1, 0.15) is 24.9 Å². The molecule has 0 spiro atoms. The van der Waals surface area contributed by atoms with Gasteiger partial charge in [0.1, 0.15) is 11.8 Å². The predicted molar refractivity (Wildman–Crippen MR) is 86.8 cm³/mol. The molecule has 1 amide bonds. The van der Waals surface area contributed by atoms with Crippen LogP contribution in [0, 0.1) is 0 Å². The highest BCUT2D eigenvalue weighted by Crippen LogP contribution is 2.32. The van der Waals surface area contributed by atoms with Crippen LogP contribution in [0.2, 0.25) is 5.02 Å². The fraction of sp³-hybridized carbons (Fsp3) is 0.500. The third kappa shape index (κ3) is 4.14. The molecule has 1 aliphatic heterocycles. The van der Waals surface area contributed by atoms with Gasteiger partial charge < -0.3 is 14.7 Å². The maximum atomic E-state index is 11.9. The van der Waals surface area contributed by atoms with Crippen LogP contribution in [0.3, 0.4) is 0 Å². The first-order valence-electron chi connectivity index (χ1n) is 7.50. The van der Waals surface area contributed by atoms with Gasteiger partial charge in [-0.15, -0.1) is 0 Å². The first-order valence-corrected chi connectivity index (χ1v) is 7.87. The molecule has 2 rings (SSSR count). The molecule has 1 saturated heterocycles. The number of aliphatic carboxylic acids is 1. The fourth-order valence-corrected chi connectivity index (χ4v) is 3.10. The van der Waals surface area contributed by atoms with Crippen molar-refractivity contribution in [2.45, 2.75) is 19.4 Å². The summed E-state index contributed by atoms with van der Waals surface area (Å²) < 4.78 is 5.30. The van der Waals surface area contributed by atoms with Gasteiger partial charge in [0.15, 0.2) is 0 Å². The van der Waals surface area contributed by atoms with Gasteiger partial charge in [-0.25, -0.2) is 0 Å². The lowest BCUT2D eigenvalue weighted by Gasteiger charge is -2.28. The Balaban J connectivity index is 2.30. The largest absolute Gasteiger partial charge is 0.496 e. The molecular weight excluding hydrogens is 320 g/mol. The minimum atomic E-state index is -0.957. The molecule has 23 heavy (non-hydrogen) atoms. The summed E-state index contributed by atoms with van der Waals surface area (Å²) in [5, 5.41) is 10.2. The zero-order chi connectivity index (χ0) is 17.0. The van der Waals surface area contributed by atoms with Gasteiger partial charge in [-0.2, -0.15) is 0 Å². The van der Waals surface area contributed by atoms with Crippen LogP contribution in [0.5, 0.6) is 5.75 Å². The van der Waals surface area contributed by atoms with Gasteiger partial charge in [0, 0.05) is 43.7 Å². The highest BCUT2D eigenvalue weighted by Gasteiger charge is 2.31. The van der Waals surface area contributed by atoms with E-state index in [0.717, 1.165) is 6.42 Å². The average Bonchev–Trinajstić information content (AvgIpc) is 2.73. The maximum Gasteiger partial charge on any atom is 0.325 e. The molecule has 1 fully saturated rings. The smallest absolute Gasteiger partial charge is 0.325 e. The average molecular weight is 341 g/mol. The number of ether oxygens (including phenoxy) is 1. The molecule has 0 aliphatic carbocycles. The SMILES string of the molecule is COc1ccc(Cl)cc1[C@H](C(=O)O)N1CCCN(C(C)=O)CC1. The number of amides is 1. The Labute approximate surface area is 140 Å². The van der Waals surface area contributed by atoms with E-state index in [0.29, 0.717) is 42.5 Å². The third-order valence-electron chi connectivity index (χ3n) is 4.06. The standard InChI is InChI=1S/C16H21ClN2O4/c1-11(20)18-6-3-7-19(9-8-18)15(16(21)22)13-10-12(17)4-5-14(13)23-2/h4-5,10,15H,3,6-9H2,1-2H3,(H,21,22)/t15-/m1/s1. The van der Waals surface area contributed by atoms with E-state index in [1.807, 2.05) is 4.90 Å². The zero-order valence-corrected chi connectivity index (χ0v) is 14.0. The van der Waals surface area contributed by atoms with Crippen molar-refractivity contribution in [2.75, 3.05) is 33.3 Å². The summed E-state index contributed by atoms with van der Waals surface area (Å²) in [6, 6.07) is 4.12. The second-order valence-electron chi connectivity index (χ2n) is 5.52. The van der Waals surface area contributed by atoms with Crippen molar-refractivity contribution in [3.8, 4) is 5.75 Å². The molecule has 1 N–H and O–H groups in total. The minimum absolute atomic E-state index is 0.0130. The summed E-state index contributed by atoms with van der Waals surface area (Å²) in [6.45, 7) is 3.78. The summed E-state index contributed by atoms with van der Waals surface area (Å²) in [5.41, 5.74) is 0.531. The molecular formula is C16H21ClN2O4. The third-order valence-corrected chi connectivity index (χ3v) is 4.30. The summed E-state index contributed by atoms with van der Waals surface area (Å²) in [6.07, 6.45) is 0.728. The van der Waals surface area contributed by atoms with Crippen molar-refractivity contribution in [2.24, 2.45) is 0 Å². The topological polar surface area (TPSA) is 70.1 Å². The molecule has 1 aliphatic rings. The van der Waals surface area contributed by atoms with E-state index < -0.39 is 12.0 Å². The van der Waals surface area contributed by atoms with E-state index in [9.17, 15) is 14.7 Å². The highest BCUT2D eigenvalue weighted by molar-refractivity contribution is 6.30. The second-order valence-corrected chi connectivity index (χ2v) is 5.96. The lowest BCUT2D eigenvalue weighted by molar-refractivity contribution is -0.143. The van der Waals surface area contributed by atoms with Crippen molar-refractivity contribution >= 4 is 23.5 Å². The Morgan fingerprint density at radius 3 is 2.61 bits per heavy atom. The normalized spacial score (nSPS) is 17.4. The molecule has 0 aromatic heterocycles. The van der Waals surface area contributed by atoms with Crippen LogP contribution in [-0.4, -0.2) is 60.1 Å². The Morgan fingerprint density at radius 2 is 2.00 bits per heavy atom. The Morgan fingerprint density at radius 1 is 1.26 bits per heavy atom. The molecule has 1 heterocycles. The van der Waals surface area contributed by atoms with E-state index in [2.05, 4.69) is 0 Å². The van der Waals surface area contributed by atoms with Crippen LogP contribution >= 0.6 is 11.6 Å². The van der Waals surface area contributed by atoms with E-state index in [4.69, 9.17) is 16.3 Å². The van der Waals surface area contributed by atoms with Gasteiger partial charge in [0.05, 0.1) is 7.11 Å². The lowest BCUT2D eigenvalue weighted by atomic mass is 10.0. The number of carbonyl (C=O) groups is 2. The first kappa shape index (κ1) is 17.6. The molecule has 0 radical (unpaired) electrons. The summed E-state index contributed by atoms with van der Waals surface area (Å²) in [7, 11) is 1.51. The van der Waals surface area contributed by atoms with Crippen LogP contribution in [-0.2, 0) is 9.59 Å². The number of hydrogen-bond donors (Lipinski definition) is 1. The number of halogens is 1. The number of rotatable bonds is 4. The summed E-state index contributed by atoms with van der Waals surface area (Å²) in [4.78, 5) is 27.0. The van der Waals surface area contributed by atoms with Crippen molar-refractivity contribution < 1.29 is 19.4 Å². The second kappa shape index (κ2) is 7.66. The Hall–Kier alpha value is -1.79. The van der Waals surface area contributed by atoms with Gasteiger partial charge >= 0.3 is 5.97 Å². The highest BCUT2D eigenvalue weighted by atomic mass is 35.5. The molecule has 1 aromatic carbocycles. The number of hydrogen-bond acceptors (Lipinski definition) is 4. The van der Waals surface area contributed by atoms with Crippen molar-refractivity contribution in [3.63, 3.8) is 0 Å². The summed E-state index contributed by atoms with van der Waals surface area (Å²) in [5.74, 6) is -0.449. The van der Waals surface area contributed by atoms with Gasteiger partial charge in [-0.3, -0.25) is 14.5 Å². The molecule has 126 valence electrons. The van der Waals surface area contributed by atoms with Gasteiger partial charge in [-0.1, -0.05) is 11.6 Å². The molecule has 0 unspecified atom stereocenters. The van der Waals surface area contributed by atoms with E-state index in [1.54, 1.807) is 23.1 Å². The van der Waals surface area contributed by atoms with Crippen molar-refractivity contribution in [3.05, 3.63) is 28.8 Å². The lowest BCUT2D eigenvalue weighted by Crippen LogP contribution is -2.38. The number of carboxylic acids is 1. The minimum Gasteiger partial charge on any atom is -0.496 e. The first-order chi connectivity index (χ1) is 10.9. The number of nitrogens with zero attached hydrogens (tertiary/aromatic N) is 2. The fourth-order valence-electron chi connectivity index (χ4n) is 2.92. The number of methoxy groups -OCH3 is 1. The monoisotopic (exact) mass is 340 g/mol. The Bertz CT molecular complexity index is 593. The van der Waals surface area contributed by atoms with Crippen LogP contribution < -0.4 is 4.74 Å².